The Morgan fingerprint density at radius 3 is 1.06 bits per heavy atom. The molecule has 28 heteroatoms. The van der Waals surface area contributed by atoms with E-state index in [2.05, 4.69) is 77.0 Å². The van der Waals surface area contributed by atoms with Gasteiger partial charge in [0.15, 0.2) is 0 Å². The fourth-order valence-corrected chi connectivity index (χ4v) is 1.32. The maximum absolute atomic E-state index is 5.26. The molecule has 0 fully saturated rings. The van der Waals surface area contributed by atoms with Crippen molar-refractivity contribution in [3.05, 3.63) is 11.2 Å². The van der Waals surface area contributed by atoms with E-state index in [0.29, 0.717) is 5.41 Å². The van der Waals surface area contributed by atoms with Crippen LogP contribution in [0.4, 0.5) is 0 Å². The zero-order chi connectivity index (χ0) is 28.1. The summed E-state index contributed by atoms with van der Waals surface area (Å²) in [6, 6.07) is 0. The topological polar surface area (TPSA) is 0 Å². The van der Waals surface area contributed by atoms with Crippen molar-refractivity contribution in [2.45, 2.75) is 26.2 Å². The fourth-order valence-electron chi connectivity index (χ4n) is 1.32. The van der Waals surface area contributed by atoms with Gasteiger partial charge >= 0.3 is 64.6 Å². The van der Waals surface area contributed by atoms with E-state index in [0.717, 1.165) is 0 Å². The van der Waals surface area contributed by atoms with E-state index in [-0.39, 0.29) is 6.39 Å². The molecule has 0 amide bonds. The van der Waals surface area contributed by atoms with Crippen molar-refractivity contribution in [2.24, 2.45) is 0 Å². The second-order valence-electron chi connectivity index (χ2n) is 8.04. The minimum atomic E-state index is -0.667. The number of hydrogen-bond donors (Lipinski definition) is 0. The van der Waals surface area contributed by atoms with Gasteiger partial charge in [-0.3, -0.25) is 0 Å². The standard InChI is InChI=1S/C6H10B4.B8.B7.B5.B4/c1-6(2,3)5-9-7-4-8-10-5;1-6(2)8(5)7(3)4;1-5-7(4)6(2)3;1-4-5(2)3;1-4(2)3/h4H,1-3H3;;;;. The van der Waals surface area contributed by atoms with Crippen molar-refractivity contribution in [1.82, 2.24) is 0 Å². The third-order valence-corrected chi connectivity index (χ3v) is 3.42. The van der Waals surface area contributed by atoms with Crippen molar-refractivity contribution in [2.75, 3.05) is 0 Å². The molecule has 0 atom stereocenters. The first-order chi connectivity index (χ1) is 15.3. The molecule has 0 bridgehead atoms. The molecule has 1 rings (SSSR count). The summed E-state index contributed by atoms with van der Waals surface area (Å²) in [5.74, 6) is 2.05. The van der Waals surface area contributed by atoms with Gasteiger partial charge in [-0.1, -0.05) is 0 Å². The van der Waals surface area contributed by atoms with Crippen LogP contribution in [-0.2, 0) is 5.41 Å². The summed E-state index contributed by atoms with van der Waals surface area (Å²) in [7, 11) is 77.2. The van der Waals surface area contributed by atoms with Crippen LogP contribution in [0.15, 0.2) is 5.86 Å². The molecule has 0 N–H and O–H groups in total. The van der Waals surface area contributed by atoms with E-state index in [4.69, 9.17) is 92.8 Å². The molecule has 1 aromatic heterocycles. The first-order valence-electron chi connectivity index (χ1n) is 10.3. The van der Waals surface area contributed by atoms with E-state index in [9.17, 15) is 0 Å². The van der Waals surface area contributed by atoms with Crippen LogP contribution in [0.2, 0.25) is 0 Å². The first-order valence-corrected chi connectivity index (χ1v) is 10.3. The molecular formula is C6H10B28. The summed E-state index contributed by atoms with van der Waals surface area (Å²) >= 11 is 0. The Hall–Kier alpha value is 1.56. The van der Waals surface area contributed by atoms with E-state index in [1.54, 1.807) is 0 Å². The molecule has 0 saturated heterocycles. The molecule has 0 spiro atoms. The van der Waals surface area contributed by atoms with Crippen molar-refractivity contribution in [1.29, 1.82) is 0 Å². The molecule has 0 aliphatic heterocycles. The Kier molecular flexibility index (Phi) is 32.8. The van der Waals surface area contributed by atoms with Crippen LogP contribution in [0.3, 0.4) is 0 Å². The van der Waals surface area contributed by atoms with Crippen LogP contribution in [0.25, 0.3) is 0 Å². The van der Waals surface area contributed by atoms with Crippen molar-refractivity contribution in [3.8, 4) is 0 Å². The third-order valence-electron chi connectivity index (χ3n) is 3.42. The van der Waals surface area contributed by atoms with Gasteiger partial charge in [0.05, 0.1) is 0 Å². The van der Waals surface area contributed by atoms with E-state index in [1.807, 2.05) is 0 Å². The Morgan fingerprint density at radius 2 is 0.971 bits per heavy atom. The molecule has 0 aliphatic rings. The Labute approximate surface area is 238 Å². The molecule has 34 heavy (non-hydrogen) atoms. The fraction of sp³-hybridized carbons (Fsp3) is 0.667. The maximum atomic E-state index is 5.26. The van der Waals surface area contributed by atoms with Crippen molar-refractivity contribution in [3.63, 3.8) is 0 Å². The normalized spacial score (nSPS) is 7.97. The number of hydrogen-bond acceptors (Lipinski definition) is 0. The Morgan fingerprint density at radius 1 is 0.647 bits per heavy atom. The average molecular weight is 385 g/mol. The summed E-state index contributed by atoms with van der Waals surface area (Å²) in [5, 5.41) is 1.40. The van der Waals surface area contributed by atoms with Gasteiger partial charge in [-0.15, -0.1) is 0 Å². The van der Waals surface area contributed by atoms with Gasteiger partial charge in [-0.25, -0.2) is 0 Å². The van der Waals surface area contributed by atoms with Crippen molar-refractivity contribution >= 4 is 202 Å². The minimum absolute atomic E-state index is 0.293. The van der Waals surface area contributed by atoms with Gasteiger partial charge in [0.2, 0.25) is 0 Å². The summed E-state index contributed by atoms with van der Waals surface area (Å²) in [6.45, 7) is 15.2. The van der Waals surface area contributed by atoms with Gasteiger partial charge in [0.1, 0.15) is 0 Å². The molecule has 118 valence electrons. The minimum Gasteiger partial charge on any atom is 0 e. The predicted octanol–water partition coefficient (Wildman–Crippen LogP) is -8.80. The quantitative estimate of drug-likeness (QED) is 0.442. The molecule has 1 aromatic rings. The summed E-state index contributed by atoms with van der Waals surface area (Å²) in [5.41, 5.74) is 0.293. The zero-order valence-electron chi connectivity index (χ0n) is 20.7. The van der Waals surface area contributed by atoms with Crippen LogP contribution in [0, 0.1) is 0 Å². The molecule has 0 saturated carbocycles. The summed E-state index contributed by atoms with van der Waals surface area (Å²) in [4.78, 5) is 0. The molecular weight excluding hydrogens is 375 g/mol. The van der Waals surface area contributed by atoms with Crippen LogP contribution in [0.5, 0.6) is 0 Å². The van der Waals surface area contributed by atoms with Gasteiger partial charge in [0, 0.05) is 175 Å². The Balaban J connectivity index is -0.000000172. The summed E-state index contributed by atoms with van der Waals surface area (Å²) in [6.07, 6.45) is -3.83. The van der Waals surface area contributed by atoms with Crippen molar-refractivity contribution < 1.29 is 0 Å². The number of rotatable bonds is 5. The average Bonchev–Trinajstić information content (AvgIpc) is 2.73. The SMILES string of the molecule is CC(C)(C)c1bbcbb1.[B]B([B])B([B])B([B])[B].[B]B([B])[B].[B][B]B([B])B([B])[B].[B][B]B([B])[B]. The summed E-state index contributed by atoms with van der Waals surface area (Å²) < 4.78 is 0. The van der Waals surface area contributed by atoms with E-state index < -0.39 is 38.3 Å². The van der Waals surface area contributed by atoms with Crippen LogP contribution < -0.4 is 0 Å². The Bertz CT molecular complexity index is 497. The first kappa shape index (κ1) is 42.6. The largest absolute Gasteiger partial charge is 0 e. The van der Waals surface area contributed by atoms with Gasteiger partial charge in [-0.2, -0.15) is 0 Å². The smallest absolute Gasteiger partial charge is 0 e. The van der Waals surface area contributed by atoms with E-state index in [1.165, 1.54) is 19.5 Å². The van der Waals surface area contributed by atoms with Crippen LogP contribution in [-0.4, -0.2) is 202 Å². The zero-order valence-corrected chi connectivity index (χ0v) is 20.7. The van der Waals surface area contributed by atoms with Gasteiger partial charge in [-0.05, 0) is 0 Å². The molecule has 0 aromatic carbocycles. The predicted molar refractivity (Wildman–Crippen MR) is 189 cm³/mol. The molecule has 0 nitrogen and oxygen atoms in total. The molecule has 1 heterocycles. The van der Waals surface area contributed by atoms with Gasteiger partial charge < -0.3 is 0 Å². The second-order valence-corrected chi connectivity index (χ2v) is 8.04. The van der Waals surface area contributed by atoms with Crippen LogP contribution in [0.1, 0.15) is 26.1 Å². The third kappa shape index (κ3) is 35.7. The maximum Gasteiger partial charge on any atom is 0 e. The second kappa shape index (κ2) is 26.2. The van der Waals surface area contributed by atoms with Gasteiger partial charge in [0.25, 0.3) is 0 Å². The van der Waals surface area contributed by atoms with E-state index >= 15 is 0 Å². The van der Waals surface area contributed by atoms with Crippen LogP contribution >= 0.6 is 0 Å². The molecule has 0 unspecified atom stereocenters. The molecule has 32 radical (unpaired) electrons. The molecule has 0 aliphatic carbocycles. The monoisotopic (exact) mass is 390 g/mol.